The van der Waals surface area contributed by atoms with Gasteiger partial charge in [-0.2, -0.15) is 0 Å². The molecule has 2 aromatic rings. The molecule has 0 saturated carbocycles. The average Bonchev–Trinajstić information content (AvgIpc) is 2.66. The van der Waals surface area contributed by atoms with E-state index in [0.717, 1.165) is 12.1 Å². The third-order valence-corrected chi connectivity index (χ3v) is 2.72. The summed E-state index contributed by atoms with van der Waals surface area (Å²) >= 11 is 1.47. The zero-order valence-electron chi connectivity index (χ0n) is 8.26. The number of hydrogen-bond acceptors (Lipinski definition) is 3. The normalized spacial score (nSPS) is 10.9. The summed E-state index contributed by atoms with van der Waals surface area (Å²) in [6.07, 6.45) is 5.03. The summed E-state index contributed by atoms with van der Waals surface area (Å²) < 4.78 is 0. The van der Waals surface area contributed by atoms with E-state index >= 15 is 0 Å². The zero-order valence-corrected chi connectivity index (χ0v) is 9.08. The van der Waals surface area contributed by atoms with Gasteiger partial charge >= 0.3 is 0 Å². The molecular formula is C12H12N2S. The first-order valence-electron chi connectivity index (χ1n) is 4.76. The molecule has 0 aliphatic heterocycles. The molecule has 0 fully saturated rings. The number of allylic oxidation sites excluding steroid dienone is 1. The Labute approximate surface area is 93.1 Å². The van der Waals surface area contributed by atoms with Crippen molar-refractivity contribution in [3.8, 4) is 0 Å². The topological polar surface area (TPSA) is 38.9 Å². The molecule has 0 spiro atoms. The predicted molar refractivity (Wildman–Crippen MR) is 65.7 cm³/mol. The predicted octanol–water partition coefficient (Wildman–Crippen LogP) is 2.98. The summed E-state index contributed by atoms with van der Waals surface area (Å²) in [5.41, 5.74) is 7.78. The number of anilines is 1. The third-order valence-electron chi connectivity index (χ3n) is 2.02. The molecular weight excluding hydrogens is 204 g/mol. The lowest BCUT2D eigenvalue weighted by atomic mass is 10.1. The number of nitrogen functional groups attached to an aromatic ring is 1. The van der Waals surface area contributed by atoms with Gasteiger partial charge in [-0.1, -0.05) is 36.4 Å². The summed E-state index contributed by atoms with van der Waals surface area (Å²) in [4.78, 5) is 4.15. The minimum absolute atomic E-state index is 0.620. The highest BCUT2D eigenvalue weighted by Crippen LogP contribution is 2.12. The van der Waals surface area contributed by atoms with Crippen molar-refractivity contribution >= 4 is 22.5 Å². The molecule has 0 bridgehead atoms. The maximum absolute atomic E-state index is 5.53. The third kappa shape index (κ3) is 2.92. The van der Waals surface area contributed by atoms with Crippen molar-refractivity contribution in [1.29, 1.82) is 0 Å². The van der Waals surface area contributed by atoms with Gasteiger partial charge in [0.2, 0.25) is 0 Å². The van der Waals surface area contributed by atoms with Crippen LogP contribution < -0.4 is 5.73 Å². The monoisotopic (exact) mass is 216 g/mol. The first-order chi connectivity index (χ1) is 7.34. The first kappa shape index (κ1) is 9.93. The molecule has 1 aromatic carbocycles. The van der Waals surface area contributed by atoms with E-state index in [1.807, 2.05) is 29.7 Å². The lowest BCUT2D eigenvalue weighted by Gasteiger charge is -1.93. The summed E-state index contributed by atoms with van der Waals surface area (Å²) in [6, 6.07) is 10.3. The Bertz CT molecular complexity index is 446. The lowest BCUT2D eigenvalue weighted by molar-refractivity contribution is 1.27. The van der Waals surface area contributed by atoms with Crippen molar-refractivity contribution in [2.75, 3.05) is 5.73 Å². The minimum Gasteiger partial charge on any atom is -0.375 e. The number of benzene rings is 1. The molecule has 2 nitrogen and oxygen atoms in total. The Morgan fingerprint density at radius 2 is 2.07 bits per heavy atom. The number of aromatic nitrogens is 1. The molecule has 0 aliphatic rings. The fraction of sp³-hybridized carbons (Fsp3) is 0.0833. The summed E-state index contributed by atoms with van der Waals surface area (Å²) in [5, 5.41) is 2.57. The highest BCUT2D eigenvalue weighted by atomic mass is 32.1. The van der Waals surface area contributed by atoms with Crippen LogP contribution in [0.15, 0.2) is 41.8 Å². The van der Waals surface area contributed by atoms with Crippen LogP contribution in [-0.2, 0) is 6.42 Å². The average molecular weight is 216 g/mol. The molecule has 15 heavy (non-hydrogen) atoms. The number of hydrogen-bond donors (Lipinski definition) is 1. The molecule has 0 saturated heterocycles. The fourth-order valence-corrected chi connectivity index (χ4v) is 1.84. The van der Waals surface area contributed by atoms with Gasteiger partial charge in [-0.05, 0) is 18.1 Å². The molecule has 0 radical (unpaired) electrons. The quantitative estimate of drug-likeness (QED) is 0.856. The number of thiazole rings is 1. The van der Waals surface area contributed by atoms with Gasteiger partial charge < -0.3 is 5.73 Å². The van der Waals surface area contributed by atoms with Crippen molar-refractivity contribution < 1.29 is 0 Å². The van der Waals surface area contributed by atoms with E-state index in [2.05, 4.69) is 23.2 Å². The Kier molecular flexibility index (Phi) is 3.15. The molecule has 76 valence electrons. The van der Waals surface area contributed by atoms with Crippen LogP contribution in [0.3, 0.4) is 0 Å². The minimum atomic E-state index is 0.620. The van der Waals surface area contributed by atoms with Crippen LogP contribution in [-0.4, -0.2) is 4.98 Å². The van der Waals surface area contributed by atoms with Crippen LogP contribution in [0.5, 0.6) is 0 Å². The fourth-order valence-electron chi connectivity index (χ4n) is 1.31. The Morgan fingerprint density at radius 1 is 1.27 bits per heavy atom. The Hall–Kier alpha value is -1.61. The van der Waals surface area contributed by atoms with Gasteiger partial charge in [-0.15, -0.1) is 11.3 Å². The number of nitrogens with two attached hydrogens (primary N) is 1. The zero-order chi connectivity index (χ0) is 10.5. The second-order valence-corrected chi connectivity index (χ2v) is 4.09. The molecule has 1 aromatic heterocycles. The van der Waals surface area contributed by atoms with E-state index in [1.54, 1.807) is 0 Å². The number of rotatable bonds is 3. The molecule has 1 heterocycles. The van der Waals surface area contributed by atoms with Gasteiger partial charge in [0, 0.05) is 5.38 Å². The smallest absolute Gasteiger partial charge is 0.180 e. The van der Waals surface area contributed by atoms with Crippen LogP contribution in [0.2, 0.25) is 0 Å². The van der Waals surface area contributed by atoms with Gasteiger partial charge in [0.05, 0.1) is 5.69 Å². The largest absolute Gasteiger partial charge is 0.375 e. The van der Waals surface area contributed by atoms with Crippen LogP contribution in [0.4, 0.5) is 5.13 Å². The maximum Gasteiger partial charge on any atom is 0.180 e. The van der Waals surface area contributed by atoms with Crippen molar-refractivity contribution in [2.24, 2.45) is 0 Å². The van der Waals surface area contributed by atoms with Crippen LogP contribution in [0.25, 0.3) is 6.08 Å². The number of nitrogens with zero attached hydrogens (tertiary/aromatic N) is 1. The lowest BCUT2D eigenvalue weighted by Crippen LogP contribution is -1.82. The van der Waals surface area contributed by atoms with E-state index in [4.69, 9.17) is 5.73 Å². The maximum atomic E-state index is 5.53. The van der Waals surface area contributed by atoms with E-state index in [-0.39, 0.29) is 0 Å². The highest BCUT2D eigenvalue weighted by molar-refractivity contribution is 7.13. The summed E-state index contributed by atoms with van der Waals surface area (Å²) in [6.45, 7) is 0. The van der Waals surface area contributed by atoms with Crippen LogP contribution >= 0.6 is 11.3 Å². The molecule has 2 N–H and O–H groups in total. The Morgan fingerprint density at radius 3 is 2.73 bits per heavy atom. The highest BCUT2D eigenvalue weighted by Gasteiger charge is 1.92. The summed E-state index contributed by atoms with van der Waals surface area (Å²) in [5.74, 6) is 0. The van der Waals surface area contributed by atoms with Crippen LogP contribution in [0, 0.1) is 0 Å². The molecule has 2 rings (SSSR count). The molecule has 0 atom stereocenters. The van der Waals surface area contributed by atoms with Crippen molar-refractivity contribution in [1.82, 2.24) is 4.98 Å². The Balaban J connectivity index is 1.96. The van der Waals surface area contributed by atoms with E-state index in [1.165, 1.54) is 16.9 Å². The van der Waals surface area contributed by atoms with E-state index in [9.17, 15) is 0 Å². The van der Waals surface area contributed by atoms with Gasteiger partial charge in [0.1, 0.15) is 0 Å². The van der Waals surface area contributed by atoms with Gasteiger partial charge in [-0.25, -0.2) is 4.98 Å². The van der Waals surface area contributed by atoms with Crippen LogP contribution in [0.1, 0.15) is 11.3 Å². The van der Waals surface area contributed by atoms with Crippen molar-refractivity contribution in [3.05, 3.63) is 53.0 Å². The SMILES string of the molecule is Nc1nc(C=CCc2ccccc2)cs1. The standard InChI is InChI=1S/C12H12N2S/c13-12-14-11(9-15-12)8-4-7-10-5-2-1-3-6-10/h1-6,8-9H,7H2,(H2,13,14). The summed E-state index contributed by atoms with van der Waals surface area (Å²) in [7, 11) is 0. The van der Waals surface area contributed by atoms with Gasteiger partial charge in [-0.3, -0.25) is 0 Å². The second-order valence-electron chi connectivity index (χ2n) is 3.20. The van der Waals surface area contributed by atoms with Crippen molar-refractivity contribution in [3.63, 3.8) is 0 Å². The molecule has 0 aliphatic carbocycles. The second kappa shape index (κ2) is 4.75. The van der Waals surface area contributed by atoms with E-state index in [0.29, 0.717) is 5.13 Å². The molecule has 0 amide bonds. The first-order valence-corrected chi connectivity index (χ1v) is 5.64. The molecule has 3 heteroatoms. The van der Waals surface area contributed by atoms with Gasteiger partial charge in [0.15, 0.2) is 5.13 Å². The van der Waals surface area contributed by atoms with E-state index < -0.39 is 0 Å². The molecule has 0 unspecified atom stereocenters. The van der Waals surface area contributed by atoms with Crippen molar-refractivity contribution in [2.45, 2.75) is 6.42 Å². The van der Waals surface area contributed by atoms with Gasteiger partial charge in [0.25, 0.3) is 0 Å².